The van der Waals surface area contributed by atoms with E-state index in [9.17, 15) is 23.1 Å². The lowest BCUT2D eigenvalue weighted by atomic mass is 9.85. The molecule has 2 aliphatic heterocycles. The van der Waals surface area contributed by atoms with Crippen LogP contribution in [0.3, 0.4) is 0 Å². The predicted molar refractivity (Wildman–Crippen MR) is 116 cm³/mol. The number of amides is 2. The molecule has 1 aliphatic carbocycles. The zero-order chi connectivity index (χ0) is 23.4. The number of sulfone groups is 1. The van der Waals surface area contributed by atoms with Crippen LogP contribution >= 0.6 is 0 Å². The molecule has 0 spiro atoms. The number of aliphatic hydroxyl groups is 1. The maximum absolute atomic E-state index is 13.7. The molecular weight excluding hydrogens is 434 g/mol. The summed E-state index contributed by atoms with van der Waals surface area (Å²) in [6.45, 7) is 7.67. The van der Waals surface area contributed by atoms with Crippen LogP contribution in [0.15, 0.2) is 6.20 Å². The van der Waals surface area contributed by atoms with Gasteiger partial charge in [0.25, 0.3) is 0 Å². The zero-order valence-corrected chi connectivity index (χ0v) is 19.9. The summed E-state index contributed by atoms with van der Waals surface area (Å²) >= 11 is 0. The number of aliphatic hydroxyl groups excluding tert-OH is 1. The first kappa shape index (κ1) is 23.2. The zero-order valence-electron chi connectivity index (χ0n) is 19.1. The Morgan fingerprint density at radius 1 is 1.25 bits per heavy atom. The number of nitrogens with one attached hydrogen (secondary N) is 1. The highest BCUT2D eigenvalue weighted by atomic mass is 32.2. The van der Waals surface area contributed by atoms with Gasteiger partial charge < -0.3 is 15.3 Å². The second kappa shape index (κ2) is 8.09. The summed E-state index contributed by atoms with van der Waals surface area (Å²) in [4.78, 5) is 28.2. The van der Waals surface area contributed by atoms with E-state index in [0.717, 1.165) is 18.5 Å². The number of nitrogens with zero attached hydrogens (tertiary/aromatic N) is 4. The standard InChI is InChI=1S/C21H33N5O5S/c1-12(14-10-32(30,31)11-14)22-19(28)17-7-15(27)8-25(17)20(29)18(21(2,3)4)26-9-16(23-24-26)13-5-6-13/h9,12-15,17-18,27H,5-8,10-11H2,1-4H3,(H,22,28)/t12?,15-,17+,18-/m1/s1. The quantitative estimate of drug-likeness (QED) is 0.612. The molecule has 1 saturated carbocycles. The topological polar surface area (TPSA) is 134 Å². The Hall–Kier alpha value is -2.01. The van der Waals surface area contributed by atoms with E-state index in [0.29, 0.717) is 5.92 Å². The van der Waals surface area contributed by atoms with Crippen LogP contribution in [0.1, 0.15) is 64.6 Å². The lowest BCUT2D eigenvalue weighted by molar-refractivity contribution is -0.144. The molecule has 32 heavy (non-hydrogen) atoms. The number of carbonyl (C=O) groups excluding carboxylic acids is 2. The molecule has 4 atom stereocenters. The van der Waals surface area contributed by atoms with Crippen molar-refractivity contribution in [3.63, 3.8) is 0 Å². The van der Waals surface area contributed by atoms with Gasteiger partial charge >= 0.3 is 0 Å². The van der Waals surface area contributed by atoms with Crippen LogP contribution in [-0.4, -0.2) is 81.5 Å². The van der Waals surface area contributed by atoms with Crippen LogP contribution in [-0.2, 0) is 19.4 Å². The molecule has 178 valence electrons. The minimum absolute atomic E-state index is 0.0616. The third kappa shape index (κ3) is 4.68. The Kier molecular flexibility index (Phi) is 5.85. The minimum atomic E-state index is -2.99. The molecule has 11 heteroatoms. The molecule has 4 rings (SSSR count). The summed E-state index contributed by atoms with van der Waals surface area (Å²) in [5.41, 5.74) is 0.389. The number of carbonyl (C=O) groups is 2. The Bertz CT molecular complexity index is 984. The number of hydrogen-bond acceptors (Lipinski definition) is 7. The summed E-state index contributed by atoms with van der Waals surface area (Å²) < 4.78 is 24.5. The van der Waals surface area contributed by atoms with Gasteiger partial charge in [-0.2, -0.15) is 0 Å². The van der Waals surface area contributed by atoms with Gasteiger partial charge in [0.15, 0.2) is 9.84 Å². The number of aromatic nitrogens is 3. The molecule has 3 heterocycles. The van der Waals surface area contributed by atoms with Crippen LogP contribution in [0.25, 0.3) is 0 Å². The number of hydrogen-bond donors (Lipinski definition) is 2. The van der Waals surface area contributed by atoms with Gasteiger partial charge in [-0.1, -0.05) is 26.0 Å². The summed E-state index contributed by atoms with van der Waals surface area (Å²) in [5.74, 6) is -0.240. The maximum atomic E-state index is 13.7. The Morgan fingerprint density at radius 2 is 1.91 bits per heavy atom. The Labute approximate surface area is 188 Å². The molecule has 1 aromatic heterocycles. The van der Waals surface area contributed by atoms with Crippen molar-refractivity contribution in [1.82, 2.24) is 25.2 Å². The number of rotatable bonds is 6. The molecule has 2 amide bonds. The van der Waals surface area contributed by atoms with Crippen LogP contribution in [0, 0.1) is 11.3 Å². The number of β-amino-alcohol motifs (C(OH)–C–C–N with tert-alkyl or cyclic N) is 1. The van der Waals surface area contributed by atoms with Gasteiger partial charge in [-0.05, 0) is 25.2 Å². The van der Waals surface area contributed by atoms with Crippen molar-refractivity contribution in [1.29, 1.82) is 0 Å². The van der Waals surface area contributed by atoms with Crippen molar-refractivity contribution in [2.45, 2.75) is 77.1 Å². The monoisotopic (exact) mass is 467 g/mol. The van der Waals surface area contributed by atoms with E-state index >= 15 is 0 Å². The molecule has 2 saturated heterocycles. The molecule has 2 N–H and O–H groups in total. The maximum Gasteiger partial charge on any atom is 0.248 e. The van der Waals surface area contributed by atoms with Gasteiger partial charge in [0.05, 0.1) is 23.3 Å². The average molecular weight is 468 g/mol. The van der Waals surface area contributed by atoms with Gasteiger partial charge in [0.1, 0.15) is 12.1 Å². The fraction of sp³-hybridized carbons (Fsp3) is 0.810. The van der Waals surface area contributed by atoms with Gasteiger partial charge in [-0.25, -0.2) is 13.1 Å². The van der Waals surface area contributed by atoms with E-state index in [-0.39, 0.29) is 48.2 Å². The van der Waals surface area contributed by atoms with Crippen molar-refractivity contribution in [3.8, 4) is 0 Å². The first-order valence-electron chi connectivity index (χ1n) is 11.3. The lowest BCUT2D eigenvalue weighted by Crippen LogP contribution is -2.55. The fourth-order valence-corrected chi connectivity index (χ4v) is 6.44. The second-order valence-electron chi connectivity index (χ2n) is 10.7. The molecule has 10 nitrogen and oxygen atoms in total. The molecule has 1 unspecified atom stereocenters. The highest BCUT2D eigenvalue weighted by Gasteiger charge is 2.46. The average Bonchev–Trinajstić information content (AvgIpc) is 3.26. The van der Waals surface area contributed by atoms with E-state index in [1.54, 1.807) is 11.6 Å². The van der Waals surface area contributed by atoms with Crippen molar-refractivity contribution >= 4 is 21.7 Å². The van der Waals surface area contributed by atoms with Crippen molar-refractivity contribution in [2.75, 3.05) is 18.1 Å². The van der Waals surface area contributed by atoms with E-state index in [2.05, 4.69) is 15.6 Å². The van der Waals surface area contributed by atoms with Crippen LogP contribution in [0.5, 0.6) is 0 Å². The second-order valence-corrected chi connectivity index (χ2v) is 12.9. The van der Waals surface area contributed by atoms with Gasteiger partial charge in [0, 0.05) is 37.0 Å². The Balaban J connectivity index is 1.50. The van der Waals surface area contributed by atoms with Crippen molar-refractivity contribution < 1.29 is 23.1 Å². The largest absolute Gasteiger partial charge is 0.391 e. The van der Waals surface area contributed by atoms with Gasteiger partial charge in [-0.3, -0.25) is 9.59 Å². The third-order valence-electron chi connectivity index (χ3n) is 6.72. The van der Waals surface area contributed by atoms with Crippen LogP contribution in [0.4, 0.5) is 0 Å². The third-order valence-corrected chi connectivity index (χ3v) is 8.59. The highest BCUT2D eigenvalue weighted by molar-refractivity contribution is 7.92. The highest BCUT2D eigenvalue weighted by Crippen LogP contribution is 2.40. The van der Waals surface area contributed by atoms with Crippen LogP contribution < -0.4 is 5.32 Å². The van der Waals surface area contributed by atoms with E-state index < -0.39 is 33.4 Å². The molecular formula is C21H33N5O5S. The molecule has 1 aromatic rings. The SMILES string of the molecule is CC(NC(=O)[C@@H]1C[C@@H](O)CN1C(=O)[C@@H](n1cc(C2CC2)nn1)C(C)(C)C)C1CS(=O)(=O)C1. The minimum Gasteiger partial charge on any atom is -0.391 e. The van der Waals surface area contributed by atoms with E-state index in [4.69, 9.17) is 0 Å². The molecule has 0 bridgehead atoms. The molecule has 0 radical (unpaired) electrons. The summed E-state index contributed by atoms with van der Waals surface area (Å²) in [6.07, 6.45) is 3.33. The summed E-state index contributed by atoms with van der Waals surface area (Å²) in [5, 5.41) is 21.6. The molecule has 3 fully saturated rings. The first-order valence-corrected chi connectivity index (χ1v) is 13.1. The van der Waals surface area contributed by atoms with E-state index in [1.807, 2.05) is 27.0 Å². The van der Waals surface area contributed by atoms with Crippen molar-refractivity contribution in [3.05, 3.63) is 11.9 Å². The summed E-state index contributed by atoms with van der Waals surface area (Å²) in [6, 6.07) is -1.80. The van der Waals surface area contributed by atoms with E-state index in [1.165, 1.54) is 4.90 Å². The normalized spacial score (nSPS) is 27.6. The summed E-state index contributed by atoms with van der Waals surface area (Å²) in [7, 11) is -2.99. The Morgan fingerprint density at radius 3 is 2.47 bits per heavy atom. The van der Waals surface area contributed by atoms with Gasteiger partial charge in [0.2, 0.25) is 11.8 Å². The predicted octanol–water partition coefficient (Wildman–Crippen LogP) is 0.254. The smallest absolute Gasteiger partial charge is 0.248 e. The van der Waals surface area contributed by atoms with Crippen molar-refractivity contribution in [2.24, 2.45) is 11.3 Å². The van der Waals surface area contributed by atoms with Crippen LogP contribution in [0.2, 0.25) is 0 Å². The molecule has 0 aromatic carbocycles. The molecule has 3 aliphatic rings. The lowest BCUT2D eigenvalue weighted by Gasteiger charge is -2.36. The first-order chi connectivity index (χ1) is 14.9. The van der Waals surface area contributed by atoms with Gasteiger partial charge in [-0.15, -0.1) is 5.10 Å². The fourth-order valence-electron chi connectivity index (χ4n) is 4.66. The number of likely N-dealkylation sites (tertiary alicyclic amines) is 1.